The molecule has 1 atom stereocenters. The first kappa shape index (κ1) is 17.8. The summed E-state index contributed by atoms with van der Waals surface area (Å²) in [5.74, 6) is 0. The molecule has 0 fully saturated rings. The molecule has 0 radical (unpaired) electrons. The lowest BCUT2D eigenvalue weighted by molar-refractivity contribution is 0.934. The molecule has 0 amide bonds. The van der Waals surface area contributed by atoms with Crippen LogP contribution >= 0.6 is 11.6 Å². The third-order valence-corrected chi connectivity index (χ3v) is 5.71. The molecule has 29 heavy (non-hydrogen) atoms. The number of nitrogens with zero attached hydrogens (tertiary/aromatic N) is 1. The Labute approximate surface area is 174 Å². The standard InChI is InChI=1S/C25H20ClN3/c1-16-24(20-9-3-5-11-22(20)28-16)25(19-8-2-4-10-21(19)26)29-18-13-12-17-7-6-14-27-23(17)15-18/h2-15,25,28-29H,1H3. The Morgan fingerprint density at radius 3 is 2.66 bits per heavy atom. The lowest BCUT2D eigenvalue weighted by atomic mass is 9.95. The number of aryl methyl sites for hydroxylation is 1. The summed E-state index contributed by atoms with van der Waals surface area (Å²) in [7, 11) is 0. The number of H-pyrrole nitrogens is 1. The molecule has 0 aliphatic rings. The summed E-state index contributed by atoms with van der Waals surface area (Å²) >= 11 is 6.64. The van der Waals surface area contributed by atoms with Crippen LogP contribution in [0.1, 0.15) is 22.9 Å². The number of aromatic nitrogens is 2. The maximum absolute atomic E-state index is 6.64. The van der Waals surface area contributed by atoms with Crippen molar-refractivity contribution in [3.63, 3.8) is 0 Å². The summed E-state index contributed by atoms with van der Waals surface area (Å²) in [5.41, 5.74) is 6.47. The third kappa shape index (κ3) is 3.24. The van der Waals surface area contributed by atoms with E-state index in [9.17, 15) is 0 Å². The largest absolute Gasteiger partial charge is 0.374 e. The number of benzene rings is 3. The normalized spacial score (nSPS) is 12.3. The molecule has 2 aromatic heterocycles. The average Bonchev–Trinajstić information content (AvgIpc) is 3.08. The van der Waals surface area contributed by atoms with Crippen LogP contribution in [0.4, 0.5) is 5.69 Å². The molecule has 2 heterocycles. The molecule has 5 aromatic rings. The number of rotatable bonds is 4. The van der Waals surface area contributed by atoms with E-state index >= 15 is 0 Å². The van der Waals surface area contributed by atoms with Crippen molar-refractivity contribution >= 4 is 39.1 Å². The number of hydrogen-bond donors (Lipinski definition) is 2. The van der Waals surface area contributed by atoms with E-state index in [1.165, 1.54) is 10.9 Å². The van der Waals surface area contributed by atoms with E-state index in [2.05, 4.69) is 76.8 Å². The summed E-state index contributed by atoms with van der Waals surface area (Å²) in [4.78, 5) is 8.01. The molecule has 2 N–H and O–H groups in total. The number of halogens is 1. The van der Waals surface area contributed by atoms with E-state index in [0.29, 0.717) is 0 Å². The van der Waals surface area contributed by atoms with Crippen molar-refractivity contribution in [1.29, 1.82) is 0 Å². The molecule has 5 rings (SSSR count). The second-order valence-electron chi connectivity index (χ2n) is 7.22. The minimum atomic E-state index is -0.0963. The first-order valence-corrected chi connectivity index (χ1v) is 10.0. The number of nitrogens with one attached hydrogen (secondary N) is 2. The fourth-order valence-electron chi connectivity index (χ4n) is 4.01. The van der Waals surface area contributed by atoms with Crippen molar-refractivity contribution in [3.8, 4) is 0 Å². The number of hydrogen-bond acceptors (Lipinski definition) is 2. The van der Waals surface area contributed by atoms with Crippen molar-refractivity contribution < 1.29 is 0 Å². The Balaban J connectivity index is 1.68. The lowest BCUT2D eigenvalue weighted by Gasteiger charge is -2.23. The average molecular weight is 398 g/mol. The zero-order valence-corrected chi connectivity index (χ0v) is 16.7. The number of aromatic amines is 1. The molecule has 0 bridgehead atoms. The predicted octanol–water partition coefficient (Wildman–Crippen LogP) is 6.88. The van der Waals surface area contributed by atoms with Crippen LogP contribution in [0.15, 0.2) is 85.1 Å². The van der Waals surface area contributed by atoms with Gasteiger partial charge in [-0.25, -0.2) is 0 Å². The first-order valence-electron chi connectivity index (χ1n) is 9.63. The highest BCUT2D eigenvalue weighted by Gasteiger charge is 2.22. The quantitative estimate of drug-likeness (QED) is 0.347. The zero-order chi connectivity index (χ0) is 19.8. The molecule has 3 nitrogen and oxygen atoms in total. The topological polar surface area (TPSA) is 40.7 Å². The van der Waals surface area contributed by atoms with Crippen molar-refractivity contribution in [2.24, 2.45) is 0 Å². The highest BCUT2D eigenvalue weighted by Crippen LogP contribution is 2.37. The Bertz CT molecular complexity index is 1320. The minimum absolute atomic E-state index is 0.0963. The van der Waals surface area contributed by atoms with Crippen molar-refractivity contribution in [2.45, 2.75) is 13.0 Å². The maximum Gasteiger partial charge on any atom is 0.0805 e. The first-order chi connectivity index (χ1) is 14.2. The second kappa shape index (κ2) is 7.26. The molecule has 0 saturated heterocycles. The van der Waals surface area contributed by atoms with E-state index in [1.807, 2.05) is 30.5 Å². The second-order valence-corrected chi connectivity index (χ2v) is 7.63. The smallest absolute Gasteiger partial charge is 0.0805 e. The fraction of sp³-hybridized carbons (Fsp3) is 0.0800. The number of pyridine rings is 1. The number of para-hydroxylation sites is 1. The van der Waals surface area contributed by atoms with Gasteiger partial charge in [-0.05, 0) is 42.8 Å². The van der Waals surface area contributed by atoms with Gasteiger partial charge in [-0.3, -0.25) is 4.98 Å². The minimum Gasteiger partial charge on any atom is -0.374 e. The van der Waals surface area contributed by atoms with Gasteiger partial charge in [-0.15, -0.1) is 0 Å². The van der Waals surface area contributed by atoms with Crippen LogP contribution in [0.5, 0.6) is 0 Å². The number of anilines is 1. The van der Waals surface area contributed by atoms with Gasteiger partial charge in [0, 0.05) is 44.5 Å². The third-order valence-electron chi connectivity index (χ3n) is 5.37. The predicted molar refractivity (Wildman–Crippen MR) is 122 cm³/mol. The van der Waals surface area contributed by atoms with Gasteiger partial charge in [0.25, 0.3) is 0 Å². The highest BCUT2D eigenvalue weighted by molar-refractivity contribution is 6.31. The van der Waals surface area contributed by atoms with Crippen LogP contribution in [0, 0.1) is 6.92 Å². The van der Waals surface area contributed by atoms with Gasteiger partial charge in [-0.1, -0.05) is 60.1 Å². The molecule has 0 saturated carbocycles. The molecular formula is C25H20ClN3. The summed E-state index contributed by atoms with van der Waals surface area (Å²) in [6, 6.07) is 26.6. The highest BCUT2D eigenvalue weighted by atomic mass is 35.5. The van der Waals surface area contributed by atoms with Gasteiger partial charge in [0.05, 0.1) is 11.6 Å². The Morgan fingerprint density at radius 1 is 0.931 bits per heavy atom. The monoisotopic (exact) mass is 397 g/mol. The fourth-order valence-corrected chi connectivity index (χ4v) is 4.25. The Morgan fingerprint density at radius 2 is 1.76 bits per heavy atom. The van der Waals surface area contributed by atoms with Gasteiger partial charge >= 0.3 is 0 Å². The zero-order valence-electron chi connectivity index (χ0n) is 16.0. The molecular weight excluding hydrogens is 378 g/mol. The van der Waals surface area contributed by atoms with Crippen LogP contribution in [-0.2, 0) is 0 Å². The SMILES string of the molecule is Cc1[nH]c2ccccc2c1C(Nc1ccc2cccnc2c1)c1ccccc1Cl. The van der Waals surface area contributed by atoms with E-state index in [-0.39, 0.29) is 6.04 Å². The molecule has 0 aliphatic carbocycles. The lowest BCUT2D eigenvalue weighted by Crippen LogP contribution is -2.14. The molecule has 4 heteroatoms. The number of fused-ring (bicyclic) bond motifs is 2. The summed E-state index contributed by atoms with van der Waals surface area (Å²) in [5, 5.41) is 6.78. The Hall–Kier alpha value is -3.30. The van der Waals surface area contributed by atoms with Gasteiger partial charge in [-0.2, -0.15) is 0 Å². The van der Waals surface area contributed by atoms with E-state index < -0.39 is 0 Å². The van der Waals surface area contributed by atoms with E-state index in [1.54, 1.807) is 0 Å². The summed E-state index contributed by atoms with van der Waals surface area (Å²) in [6.45, 7) is 2.11. The van der Waals surface area contributed by atoms with Gasteiger partial charge in [0.2, 0.25) is 0 Å². The molecule has 0 spiro atoms. The summed E-state index contributed by atoms with van der Waals surface area (Å²) in [6.07, 6.45) is 1.82. The maximum atomic E-state index is 6.64. The molecule has 0 aliphatic heterocycles. The van der Waals surface area contributed by atoms with Crippen LogP contribution in [0.2, 0.25) is 5.02 Å². The molecule has 142 valence electrons. The summed E-state index contributed by atoms with van der Waals surface area (Å²) < 4.78 is 0. The molecule has 3 aromatic carbocycles. The van der Waals surface area contributed by atoms with Gasteiger partial charge < -0.3 is 10.3 Å². The van der Waals surface area contributed by atoms with Crippen molar-refractivity contribution in [1.82, 2.24) is 9.97 Å². The van der Waals surface area contributed by atoms with Crippen molar-refractivity contribution in [2.75, 3.05) is 5.32 Å². The van der Waals surface area contributed by atoms with Crippen LogP contribution in [0.25, 0.3) is 21.8 Å². The van der Waals surface area contributed by atoms with Crippen LogP contribution in [0.3, 0.4) is 0 Å². The van der Waals surface area contributed by atoms with Crippen LogP contribution < -0.4 is 5.32 Å². The van der Waals surface area contributed by atoms with Gasteiger partial charge in [0.1, 0.15) is 0 Å². The van der Waals surface area contributed by atoms with Gasteiger partial charge in [0.15, 0.2) is 0 Å². The van der Waals surface area contributed by atoms with E-state index in [0.717, 1.165) is 38.4 Å². The Kier molecular flexibility index (Phi) is 4.45. The van der Waals surface area contributed by atoms with Crippen LogP contribution in [-0.4, -0.2) is 9.97 Å². The molecule has 1 unspecified atom stereocenters. The van der Waals surface area contributed by atoms with Crippen molar-refractivity contribution in [3.05, 3.63) is 107 Å². The van der Waals surface area contributed by atoms with E-state index in [4.69, 9.17) is 11.6 Å².